The SMILES string of the molecule is COC(=O)[C@@H](C)NC(=O)[C@@H]1CN(S(=O)(=O)c2ccccc2)CCN1C(=O)C1CCNCC1. The molecule has 3 rings (SSSR count). The molecule has 176 valence electrons. The first-order valence-electron chi connectivity index (χ1n) is 10.7. The van der Waals surface area contributed by atoms with E-state index in [1.54, 1.807) is 18.2 Å². The molecule has 0 spiro atoms. The van der Waals surface area contributed by atoms with Crippen molar-refractivity contribution in [3.63, 3.8) is 0 Å². The highest BCUT2D eigenvalue weighted by atomic mass is 32.2. The summed E-state index contributed by atoms with van der Waals surface area (Å²) in [6.45, 7) is 2.91. The van der Waals surface area contributed by atoms with Crippen LogP contribution in [0.4, 0.5) is 0 Å². The van der Waals surface area contributed by atoms with Crippen molar-refractivity contribution in [3.8, 4) is 0 Å². The Labute approximate surface area is 188 Å². The van der Waals surface area contributed by atoms with Crippen molar-refractivity contribution in [2.75, 3.05) is 39.8 Å². The molecule has 2 atom stereocenters. The van der Waals surface area contributed by atoms with Gasteiger partial charge >= 0.3 is 5.97 Å². The molecule has 2 fully saturated rings. The highest BCUT2D eigenvalue weighted by Gasteiger charge is 2.42. The smallest absolute Gasteiger partial charge is 0.328 e. The molecule has 2 amide bonds. The Kier molecular flexibility index (Phi) is 7.86. The molecule has 1 aromatic carbocycles. The number of carbonyl (C=O) groups excluding carboxylic acids is 3. The van der Waals surface area contributed by atoms with E-state index in [2.05, 4.69) is 15.4 Å². The van der Waals surface area contributed by atoms with Crippen LogP contribution >= 0.6 is 0 Å². The zero-order chi connectivity index (χ0) is 23.3. The average Bonchev–Trinajstić information content (AvgIpc) is 2.83. The van der Waals surface area contributed by atoms with Crippen LogP contribution in [-0.2, 0) is 29.1 Å². The number of sulfonamides is 1. The number of ether oxygens (including phenoxy) is 1. The largest absolute Gasteiger partial charge is 0.467 e. The molecule has 2 saturated heterocycles. The minimum absolute atomic E-state index is 0.0876. The Hall–Kier alpha value is -2.50. The van der Waals surface area contributed by atoms with Gasteiger partial charge in [-0.3, -0.25) is 9.59 Å². The zero-order valence-corrected chi connectivity index (χ0v) is 19.1. The summed E-state index contributed by atoms with van der Waals surface area (Å²) in [5, 5.41) is 5.77. The van der Waals surface area contributed by atoms with Gasteiger partial charge in [0.05, 0.1) is 12.0 Å². The van der Waals surface area contributed by atoms with E-state index in [1.165, 1.54) is 35.4 Å². The van der Waals surface area contributed by atoms with Gasteiger partial charge in [0.2, 0.25) is 21.8 Å². The Morgan fingerprint density at radius 1 is 1.12 bits per heavy atom. The maximum Gasteiger partial charge on any atom is 0.328 e. The van der Waals surface area contributed by atoms with Crippen LogP contribution in [0.5, 0.6) is 0 Å². The normalized spacial score (nSPS) is 21.6. The Morgan fingerprint density at radius 3 is 2.41 bits per heavy atom. The van der Waals surface area contributed by atoms with E-state index in [0.29, 0.717) is 12.8 Å². The fourth-order valence-electron chi connectivity index (χ4n) is 4.05. The number of esters is 1. The molecule has 2 heterocycles. The number of benzene rings is 1. The topological polar surface area (TPSA) is 125 Å². The highest BCUT2D eigenvalue weighted by molar-refractivity contribution is 7.89. The van der Waals surface area contributed by atoms with Crippen molar-refractivity contribution < 1.29 is 27.5 Å². The van der Waals surface area contributed by atoms with Crippen molar-refractivity contribution in [2.45, 2.75) is 36.7 Å². The van der Waals surface area contributed by atoms with Crippen molar-refractivity contribution >= 4 is 27.8 Å². The van der Waals surface area contributed by atoms with E-state index >= 15 is 0 Å². The van der Waals surface area contributed by atoms with E-state index in [4.69, 9.17) is 0 Å². The summed E-state index contributed by atoms with van der Waals surface area (Å²) in [5.41, 5.74) is 0. The molecule has 0 unspecified atom stereocenters. The highest BCUT2D eigenvalue weighted by Crippen LogP contribution is 2.24. The van der Waals surface area contributed by atoms with E-state index in [0.717, 1.165) is 13.1 Å². The summed E-state index contributed by atoms with van der Waals surface area (Å²) in [6, 6.07) is 6.00. The summed E-state index contributed by atoms with van der Waals surface area (Å²) >= 11 is 0. The summed E-state index contributed by atoms with van der Waals surface area (Å²) in [5.74, 6) is -1.59. The van der Waals surface area contributed by atoms with E-state index in [1.807, 2.05) is 0 Å². The summed E-state index contributed by atoms with van der Waals surface area (Å²) in [4.78, 5) is 39.7. The summed E-state index contributed by atoms with van der Waals surface area (Å²) in [7, 11) is -2.62. The van der Waals surface area contributed by atoms with Gasteiger partial charge in [-0.25, -0.2) is 13.2 Å². The van der Waals surface area contributed by atoms with Gasteiger partial charge < -0.3 is 20.3 Å². The zero-order valence-electron chi connectivity index (χ0n) is 18.3. The van der Waals surface area contributed by atoms with Gasteiger partial charge in [-0.05, 0) is 45.0 Å². The Balaban J connectivity index is 1.84. The lowest BCUT2D eigenvalue weighted by Gasteiger charge is -2.42. The van der Waals surface area contributed by atoms with Crippen LogP contribution in [0.25, 0.3) is 0 Å². The van der Waals surface area contributed by atoms with Crippen molar-refractivity contribution in [1.82, 2.24) is 19.8 Å². The number of amides is 2. The number of piperazine rings is 1. The van der Waals surface area contributed by atoms with Gasteiger partial charge in [-0.15, -0.1) is 0 Å². The number of rotatable bonds is 6. The lowest BCUT2D eigenvalue weighted by atomic mass is 9.95. The minimum atomic E-state index is -3.84. The van der Waals surface area contributed by atoms with Crippen molar-refractivity contribution in [3.05, 3.63) is 30.3 Å². The quantitative estimate of drug-likeness (QED) is 0.545. The van der Waals surface area contributed by atoms with Crippen LogP contribution in [0.15, 0.2) is 35.2 Å². The molecule has 2 aliphatic heterocycles. The van der Waals surface area contributed by atoms with Crippen LogP contribution in [0, 0.1) is 5.92 Å². The molecular formula is C21H30N4O6S. The van der Waals surface area contributed by atoms with E-state index < -0.39 is 34.0 Å². The number of piperidine rings is 1. The minimum Gasteiger partial charge on any atom is -0.467 e. The molecule has 2 N–H and O–H groups in total. The van der Waals surface area contributed by atoms with Gasteiger partial charge in [0.25, 0.3) is 0 Å². The molecule has 0 aliphatic carbocycles. The average molecular weight is 467 g/mol. The van der Waals surface area contributed by atoms with Crippen LogP contribution in [0.3, 0.4) is 0 Å². The number of hydrogen-bond acceptors (Lipinski definition) is 7. The first-order valence-corrected chi connectivity index (χ1v) is 12.1. The molecule has 0 bridgehead atoms. The summed E-state index contributed by atoms with van der Waals surface area (Å²) < 4.78 is 32.1. The van der Waals surface area contributed by atoms with E-state index in [-0.39, 0.29) is 36.4 Å². The second-order valence-electron chi connectivity index (χ2n) is 8.00. The third-order valence-corrected chi connectivity index (χ3v) is 7.79. The second kappa shape index (κ2) is 10.4. The maximum absolute atomic E-state index is 13.2. The molecule has 32 heavy (non-hydrogen) atoms. The maximum atomic E-state index is 13.2. The van der Waals surface area contributed by atoms with Crippen LogP contribution in [-0.4, -0.2) is 87.3 Å². The molecule has 10 nitrogen and oxygen atoms in total. The predicted octanol–water partition coefficient (Wildman–Crippen LogP) is -0.435. The third-order valence-electron chi connectivity index (χ3n) is 5.91. The molecule has 0 aromatic heterocycles. The molecule has 11 heteroatoms. The Morgan fingerprint density at radius 2 is 1.78 bits per heavy atom. The molecule has 0 saturated carbocycles. The van der Waals surface area contributed by atoms with Crippen LogP contribution in [0.1, 0.15) is 19.8 Å². The number of hydrogen-bond donors (Lipinski definition) is 2. The number of nitrogens with zero attached hydrogens (tertiary/aromatic N) is 2. The second-order valence-corrected chi connectivity index (χ2v) is 9.94. The van der Waals surface area contributed by atoms with Gasteiger partial charge in [0, 0.05) is 25.6 Å². The molecule has 2 aliphatic rings. The molecule has 1 aromatic rings. The van der Waals surface area contributed by atoms with Crippen molar-refractivity contribution in [2.24, 2.45) is 5.92 Å². The van der Waals surface area contributed by atoms with Gasteiger partial charge in [0.15, 0.2) is 0 Å². The number of nitrogens with one attached hydrogen (secondary N) is 2. The fraction of sp³-hybridized carbons (Fsp3) is 0.571. The monoisotopic (exact) mass is 466 g/mol. The predicted molar refractivity (Wildman–Crippen MR) is 116 cm³/mol. The first kappa shape index (κ1) is 24.1. The van der Waals surface area contributed by atoms with Crippen molar-refractivity contribution in [1.29, 1.82) is 0 Å². The number of carbonyl (C=O) groups is 3. The van der Waals surface area contributed by atoms with Gasteiger partial charge in [-0.2, -0.15) is 4.31 Å². The van der Waals surface area contributed by atoms with Gasteiger partial charge in [-0.1, -0.05) is 18.2 Å². The molecule has 0 radical (unpaired) electrons. The van der Waals surface area contributed by atoms with Gasteiger partial charge in [0.1, 0.15) is 12.1 Å². The first-order chi connectivity index (χ1) is 15.3. The lowest BCUT2D eigenvalue weighted by Crippen LogP contribution is -2.63. The fourth-order valence-corrected chi connectivity index (χ4v) is 5.51. The van der Waals surface area contributed by atoms with Crippen LogP contribution in [0.2, 0.25) is 0 Å². The van der Waals surface area contributed by atoms with E-state index in [9.17, 15) is 22.8 Å². The van der Waals surface area contributed by atoms with Crippen LogP contribution < -0.4 is 10.6 Å². The molecular weight excluding hydrogens is 436 g/mol. The standard InChI is InChI=1S/C21H30N4O6S/c1-15(21(28)31-2)23-19(26)18-14-24(32(29,30)17-6-4-3-5-7-17)12-13-25(18)20(27)16-8-10-22-11-9-16/h3-7,15-16,18,22H,8-14H2,1-2H3,(H,23,26)/t15-,18+/m1/s1. The number of methoxy groups -OCH3 is 1. The lowest BCUT2D eigenvalue weighted by molar-refractivity contribution is -0.149. The Bertz CT molecular complexity index is 933. The summed E-state index contributed by atoms with van der Waals surface area (Å²) in [6.07, 6.45) is 1.32. The third kappa shape index (κ3) is 5.28.